The second-order valence-electron chi connectivity index (χ2n) is 7.94. The second kappa shape index (κ2) is 9.33. The molecule has 2 aromatic carbocycles. The van der Waals surface area contributed by atoms with E-state index in [0.29, 0.717) is 0 Å². The van der Waals surface area contributed by atoms with E-state index in [2.05, 4.69) is 10.6 Å². The summed E-state index contributed by atoms with van der Waals surface area (Å²) < 4.78 is 0. The summed E-state index contributed by atoms with van der Waals surface area (Å²) in [6.07, 6.45) is 0. The van der Waals surface area contributed by atoms with Gasteiger partial charge in [-0.05, 0) is 31.4 Å². The normalized spacial score (nSPS) is 11.0. The van der Waals surface area contributed by atoms with Crippen LogP contribution in [-0.2, 0) is 0 Å². The number of benzene rings is 2. The van der Waals surface area contributed by atoms with Gasteiger partial charge in [0.15, 0.2) is 0 Å². The highest BCUT2D eigenvalue weighted by Crippen LogP contribution is 2.23. The molecule has 0 atom stereocenters. The summed E-state index contributed by atoms with van der Waals surface area (Å²) in [6, 6.07) is 8.59. The van der Waals surface area contributed by atoms with Gasteiger partial charge in [0, 0.05) is 47.5 Å². The van der Waals surface area contributed by atoms with Crippen LogP contribution in [0.25, 0.3) is 0 Å². The van der Waals surface area contributed by atoms with E-state index >= 15 is 0 Å². The molecule has 0 fully saturated rings. The van der Waals surface area contributed by atoms with Crippen molar-refractivity contribution in [1.82, 2.24) is 10.6 Å². The number of carbonyl (C=O) groups excluding carboxylic acids is 2. The summed E-state index contributed by atoms with van der Waals surface area (Å²) in [6.45, 7) is 7.08. The van der Waals surface area contributed by atoms with Gasteiger partial charge in [-0.15, -0.1) is 0 Å². The molecule has 164 valence electrons. The van der Waals surface area contributed by atoms with Crippen LogP contribution < -0.4 is 10.6 Å². The molecule has 10 nitrogen and oxygen atoms in total. The van der Waals surface area contributed by atoms with Crippen molar-refractivity contribution in [2.75, 3.05) is 13.1 Å². The molecule has 0 aromatic heterocycles. The van der Waals surface area contributed by atoms with Crippen molar-refractivity contribution < 1.29 is 19.4 Å². The van der Waals surface area contributed by atoms with Crippen molar-refractivity contribution in [3.63, 3.8) is 0 Å². The Hall–Kier alpha value is -3.82. The van der Waals surface area contributed by atoms with E-state index in [1.165, 1.54) is 50.2 Å². The lowest BCUT2D eigenvalue weighted by molar-refractivity contribution is -0.385. The van der Waals surface area contributed by atoms with Crippen LogP contribution in [0.15, 0.2) is 36.4 Å². The van der Waals surface area contributed by atoms with Crippen LogP contribution in [0.4, 0.5) is 11.4 Å². The summed E-state index contributed by atoms with van der Waals surface area (Å²) in [5.41, 5.74) is 0.157. The highest BCUT2D eigenvalue weighted by Gasteiger charge is 2.24. The van der Waals surface area contributed by atoms with Crippen LogP contribution in [0.2, 0.25) is 0 Å². The summed E-state index contributed by atoms with van der Waals surface area (Å²) >= 11 is 0. The molecule has 2 amide bonds. The standard InChI is InChI=1S/C21H24N4O6/c1-13-15(7-5-9-17(13)24(28)29)19(26)22-11-21(3,4)12-23-20(27)16-8-6-10-18(14(16)2)25(30)31/h5-10H,11-12H2,1-4H3,(H,22,26)(H,23,27). The van der Waals surface area contributed by atoms with Gasteiger partial charge in [0.05, 0.1) is 9.85 Å². The lowest BCUT2D eigenvalue weighted by atomic mass is 9.92. The van der Waals surface area contributed by atoms with E-state index in [-0.39, 0.29) is 46.7 Å². The van der Waals surface area contributed by atoms with Gasteiger partial charge in [0.2, 0.25) is 0 Å². The first kappa shape index (κ1) is 23.5. The minimum Gasteiger partial charge on any atom is -0.351 e. The van der Waals surface area contributed by atoms with Crippen LogP contribution in [0.3, 0.4) is 0 Å². The molecule has 0 aliphatic carbocycles. The van der Waals surface area contributed by atoms with Gasteiger partial charge in [-0.3, -0.25) is 29.8 Å². The first-order valence-electron chi connectivity index (χ1n) is 9.49. The molecular formula is C21H24N4O6. The molecular weight excluding hydrogens is 404 g/mol. The Bertz CT molecular complexity index is 967. The van der Waals surface area contributed by atoms with Crippen molar-refractivity contribution in [3.8, 4) is 0 Å². The summed E-state index contributed by atoms with van der Waals surface area (Å²) in [7, 11) is 0. The van der Waals surface area contributed by atoms with Crippen LogP contribution in [0.1, 0.15) is 45.7 Å². The summed E-state index contributed by atoms with van der Waals surface area (Å²) in [5.74, 6) is -0.898. The molecule has 10 heteroatoms. The maximum atomic E-state index is 12.5. The number of hydrogen-bond acceptors (Lipinski definition) is 6. The number of nitrogens with zero attached hydrogens (tertiary/aromatic N) is 2. The number of rotatable bonds is 8. The van der Waals surface area contributed by atoms with Crippen molar-refractivity contribution in [1.29, 1.82) is 0 Å². The fourth-order valence-electron chi connectivity index (χ4n) is 3.03. The Balaban J connectivity index is 2.02. The van der Waals surface area contributed by atoms with Crippen molar-refractivity contribution in [2.45, 2.75) is 27.7 Å². The predicted molar refractivity (Wildman–Crippen MR) is 114 cm³/mol. The van der Waals surface area contributed by atoms with Gasteiger partial charge in [0.1, 0.15) is 0 Å². The van der Waals surface area contributed by atoms with Crippen LogP contribution in [0, 0.1) is 39.5 Å². The zero-order valence-electron chi connectivity index (χ0n) is 17.7. The largest absolute Gasteiger partial charge is 0.351 e. The van der Waals surface area contributed by atoms with Gasteiger partial charge in [-0.25, -0.2) is 0 Å². The average Bonchev–Trinajstić information content (AvgIpc) is 2.70. The van der Waals surface area contributed by atoms with E-state index in [9.17, 15) is 29.8 Å². The molecule has 0 unspecified atom stereocenters. The topological polar surface area (TPSA) is 144 Å². The van der Waals surface area contributed by atoms with Crippen molar-refractivity contribution >= 4 is 23.2 Å². The number of nitrogens with one attached hydrogen (secondary N) is 2. The Labute approximate surface area is 179 Å². The minimum atomic E-state index is -0.547. The molecule has 0 saturated heterocycles. The summed E-state index contributed by atoms with van der Waals surface area (Å²) in [4.78, 5) is 46.1. The summed E-state index contributed by atoms with van der Waals surface area (Å²) in [5, 5.41) is 27.6. The third-order valence-electron chi connectivity index (χ3n) is 4.95. The van der Waals surface area contributed by atoms with Gasteiger partial charge in [-0.1, -0.05) is 26.0 Å². The highest BCUT2D eigenvalue weighted by molar-refractivity contribution is 5.97. The Morgan fingerprint density at radius 1 is 0.806 bits per heavy atom. The number of carbonyl (C=O) groups is 2. The Morgan fingerprint density at radius 3 is 1.48 bits per heavy atom. The van der Waals surface area contributed by atoms with Gasteiger partial charge < -0.3 is 10.6 Å². The van der Waals surface area contributed by atoms with Crippen molar-refractivity contribution in [3.05, 3.63) is 78.9 Å². The zero-order valence-corrected chi connectivity index (χ0v) is 17.7. The first-order valence-corrected chi connectivity index (χ1v) is 9.49. The second-order valence-corrected chi connectivity index (χ2v) is 7.94. The van der Waals surface area contributed by atoms with Crippen LogP contribution in [0.5, 0.6) is 0 Å². The minimum absolute atomic E-state index is 0.133. The van der Waals surface area contributed by atoms with E-state index in [1.54, 1.807) is 0 Å². The van der Waals surface area contributed by atoms with Gasteiger partial charge in [0.25, 0.3) is 23.2 Å². The first-order chi connectivity index (χ1) is 14.4. The number of nitro benzene ring substituents is 2. The Kier molecular flexibility index (Phi) is 7.06. The van der Waals surface area contributed by atoms with E-state index < -0.39 is 27.1 Å². The number of hydrogen-bond donors (Lipinski definition) is 2. The fraction of sp³-hybridized carbons (Fsp3) is 0.333. The van der Waals surface area contributed by atoms with E-state index in [1.807, 2.05) is 13.8 Å². The molecule has 2 N–H and O–H groups in total. The van der Waals surface area contributed by atoms with E-state index in [4.69, 9.17) is 0 Å². The van der Waals surface area contributed by atoms with Gasteiger partial charge in [-0.2, -0.15) is 0 Å². The third-order valence-corrected chi connectivity index (χ3v) is 4.95. The molecule has 0 spiro atoms. The molecule has 0 heterocycles. The smallest absolute Gasteiger partial charge is 0.273 e. The molecule has 0 aliphatic heterocycles. The lowest BCUT2D eigenvalue weighted by Crippen LogP contribution is -2.42. The van der Waals surface area contributed by atoms with Crippen LogP contribution in [-0.4, -0.2) is 34.8 Å². The molecule has 0 bridgehead atoms. The number of amides is 2. The molecule has 0 radical (unpaired) electrons. The molecule has 2 aromatic rings. The maximum Gasteiger partial charge on any atom is 0.273 e. The molecule has 31 heavy (non-hydrogen) atoms. The molecule has 2 rings (SSSR count). The van der Waals surface area contributed by atoms with Gasteiger partial charge >= 0.3 is 0 Å². The average molecular weight is 428 g/mol. The van der Waals surface area contributed by atoms with Crippen LogP contribution >= 0.6 is 0 Å². The predicted octanol–water partition coefficient (Wildman–Crippen LogP) is 3.31. The highest BCUT2D eigenvalue weighted by atomic mass is 16.6. The Morgan fingerprint density at radius 2 is 1.16 bits per heavy atom. The SMILES string of the molecule is Cc1c(C(=O)NCC(C)(C)CNC(=O)c2cccc([N+](=O)[O-])c2C)cccc1[N+](=O)[O-]. The van der Waals surface area contributed by atoms with E-state index in [0.717, 1.165) is 0 Å². The number of nitro groups is 2. The lowest BCUT2D eigenvalue weighted by Gasteiger charge is -2.25. The maximum absolute atomic E-state index is 12.5. The molecule has 0 saturated carbocycles. The molecule has 0 aliphatic rings. The monoisotopic (exact) mass is 428 g/mol. The quantitative estimate of drug-likeness (QED) is 0.487. The van der Waals surface area contributed by atoms with Crippen molar-refractivity contribution in [2.24, 2.45) is 5.41 Å². The fourth-order valence-corrected chi connectivity index (χ4v) is 3.03. The zero-order chi connectivity index (χ0) is 23.3. The third kappa shape index (κ3) is 5.62.